The fraction of sp³-hybridized carbons (Fsp3) is 0.261. The summed E-state index contributed by atoms with van der Waals surface area (Å²) in [6, 6.07) is 17.6. The molecule has 0 spiro atoms. The first-order valence-corrected chi connectivity index (χ1v) is 11.2. The summed E-state index contributed by atoms with van der Waals surface area (Å²) in [4.78, 5) is 13.0. The standard InChI is InChI=1S/C23H24ClN3O2S/c24-19-4-1-2-5-21(19)30-22-6-3-13-27(22)16-9-12-18(23(25)29)20(14-16)26-15-7-10-17(28)11-8-15/h1-6,9,12-15,17,26,28H,7-8,10-11H2,(H2,25,29). The second-order valence-corrected chi connectivity index (χ2v) is 8.96. The Kier molecular flexibility index (Phi) is 6.37. The average Bonchev–Trinajstić information content (AvgIpc) is 3.19. The van der Waals surface area contributed by atoms with E-state index >= 15 is 0 Å². The van der Waals surface area contributed by atoms with Crippen molar-refractivity contribution in [1.29, 1.82) is 0 Å². The number of halogens is 1. The minimum atomic E-state index is -0.460. The lowest BCUT2D eigenvalue weighted by Gasteiger charge is -2.28. The number of nitrogens with one attached hydrogen (secondary N) is 1. The Morgan fingerprint density at radius 2 is 1.87 bits per heavy atom. The lowest BCUT2D eigenvalue weighted by atomic mass is 9.92. The average molecular weight is 442 g/mol. The Balaban J connectivity index is 1.63. The van der Waals surface area contributed by atoms with Crippen LogP contribution in [0.25, 0.3) is 5.69 Å². The minimum absolute atomic E-state index is 0.211. The van der Waals surface area contributed by atoms with Crippen LogP contribution in [0.5, 0.6) is 0 Å². The van der Waals surface area contributed by atoms with E-state index in [1.165, 1.54) is 0 Å². The van der Waals surface area contributed by atoms with E-state index in [0.29, 0.717) is 10.6 Å². The summed E-state index contributed by atoms with van der Waals surface area (Å²) >= 11 is 7.92. The number of anilines is 1. The highest BCUT2D eigenvalue weighted by atomic mass is 35.5. The van der Waals surface area contributed by atoms with Crippen LogP contribution in [-0.4, -0.2) is 27.7 Å². The van der Waals surface area contributed by atoms with Crippen LogP contribution < -0.4 is 11.1 Å². The predicted molar refractivity (Wildman–Crippen MR) is 122 cm³/mol. The number of carbonyl (C=O) groups excluding carboxylic acids is 1. The fourth-order valence-corrected chi connectivity index (χ4v) is 4.96. The number of nitrogens with two attached hydrogens (primary N) is 1. The molecule has 0 bridgehead atoms. The first kappa shape index (κ1) is 20.8. The predicted octanol–water partition coefficient (Wildman–Crippen LogP) is 5.10. The summed E-state index contributed by atoms with van der Waals surface area (Å²) in [5, 5.41) is 15.0. The van der Waals surface area contributed by atoms with Crippen LogP contribution >= 0.6 is 23.4 Å². The summed E-state index contributed by atoms with van der Waals surface area (Å²) in [6.45, 7) is 0. The zero-order valence-corrected chi connectivity index (χ0v) is 18.0. The van der Waals surface area contributed by atoms with E-state index in [-0.39, 0.29) is 12.1 Å². The number of hydrogen-bond acceptors (Lipinski definition) is 4. The molecule has 1 aliphatic carbocycles. The third-order valence-corrected chi connectivity index (χ3v) is 6.93. The van der Waals surface area contributed by atoms with Gasteiger partial charge < -0.3 is 20.7 Å². The molecule has 3 aromatic rings. The summed E-state index contributed by atoms with van der Waals surface area (Å²) in [5.41, 5.74) is 7.74. The third kappa shape index (κ3) is 4.67. The molecule has 4 rings (SSSR count). The van der Waals surface area contributed by atoms with Crippen molar-refractivity contribution in [3.63, 3.8) is 0 Å². The number of nitrogens with zero attached hydrogens (tertiary/aromatic N) is 1. The topological polar surface area (TPSA) is 80.3 Å². The summed E-state index contributed by atoms with van der Waals surface area (Å²) < 4.78 is 2.06. The van der Waals surface area contributed by atoms with Crippen LogP contribution in [-0.2, 0) is 0 Å². The lowest BCUT2D eigenvalue weighted by molar-refractivity contribution is 0.100. The van der Waals surface area contributed by atoms with Crippen LogP contribution in [0.4, 0.5) is 5.69 Å². The Morgan fingerprint density at radius 1 is 1.10 bits per heavy atom. The summed E-state index contributed by atoms with van der Waals surface area (Å²) in [5.74, 6) is -0.460. The van der Waals surface area contributed by atoms with Crippen LogP contribution in [0.1, 0.15) is 36.0 Å². The number of hydrogen-bond donors (Lipinski definition) is 3. The second-order valence-electron chi connectivity index (χ2n) is 7.49. The molecule has 1 amide bonds. The molecule has 156 valence electrons. The van der Waals surface area contributed by atoms with Gasteiger partial charge in [-0.1, -0.05) is 35.5 Å². The van der Waals surface area contributed by atoms with Gasteiger partial charge in [-0.3, -0.25) is 4.79 Å². The maximum absolute atomic E-state index is 12.0. The van der Waals surface area contributed by atoms with Gasteiger partial charge in [-0.2, -0.15) is 0 Å². The van der Waals surface area contributed by atoms with E-state index in [4.69, 9.17) is 17.3 Å². The highest BCUT2D eigenvalue weighted by molar-refractivity contribution is 7.99. The molecule has 1 aromatic heterocycles. The van der Waals surface area contributed by atoms with Crippen molar-refractivity contribution < 1.29 is 9.90 Å². The van der Waals surface area contributed by atoms with Crippen molar-refractivity contribution >= 4 is 35.0 Å². The molecule has 1 aliphatic rings. The molecule has 7 heteroatoms. The van der Waals surface area contributed by atoms with Gasteiger partial charge >= 0.3 is 0 Å². The molecule has 1 fully saturated rings. The smallest absolute Gasteiger partial charge is 0.250 e. The largest absolute Gasteiger partial charge is 0.393 e. The maximum atomic E-state index is 12.0. The number of rotatable bonds is 6. The number of carbonyl (C=O) groups is 1. The molecule has 0 atom stereocenters. The van der Waals surface area contributed by atoms with Crippen LogP contribution in [0, 0.1) is 0 Å². The first-order valence-electron chi connectivity index (χ1n) is 10.00. The molecule has 30 heavy (non-hydrogen) atoms. The molecule has 2 aromatic carbocycles. The van der Waals surface area contributed by atoms with E-state index in [1.807, 2.05) is 54.7 Å². The van der Waals surface area contributed by atoms with Gasteiger partial charge in [0.15, 0.2) is 0 Å². The Morgan fingerprint density at radius 3 is 2.60 bits per heavy atom. The van der Waals surface area contributed by atoms with E-state index in [2.05, 4.69) is 9.88 Å². The molecule has 1 heterocycles. The van der Waals surface area contributed by atoms with Crippen molar-refractivity contribution in [2.24, 2.45) is 5.73 Å². The SMILES string of the molecule is NC(=O)c1ccc(-n2cccc2Sc2ccccc2Cl)cc1NC1CCC(O)CC1. The minimum Gasteiger partial charge on any atom is -0.393 e. The lowest BCUT2D eigenvalue weighted by Crippen LogP contribution is -2.29. The van der Waals surface area contributed by atoms with E-state index in [1.54, 1.807) is 17.8 Å². The quantitative estimate of drug-likeness (QED) is 0.497. The molecule has 5 nitrogen and oxygen atoms in total. The van der Waals surface area contributed by atoms with Crippen molar-refractivity contribution in [3.05, 3.63) is 71.4 Å². The zero-order chi connectivity index (χ0) is 21.1. The highest BCUT2D eigenvalue weighted by Gasteiger charge is 2.21. The zero-order valence-electron chi connectivity index (χ0n) is 16.4. The van der Waals surface area contributed by atoms with Gasteiger partial charge in [-0.25, -0.2) is 0 Å². The summed E-state index contributed by atoms with van der Waals surface area (Å²) in [6.07, 6.45) is 5.01. The van der Waals surface area contributed by atoms with Gasteiger partial charge in [0.2, 0.25) is 0 Å². The van der Waals surface area contributed by atoms with Gasteiger partial charge in [0.05, 0.1) is 21.7 Å². The first-order chi connectivity index (χ1) is 14.5. The van der Waals surface area contributed by atoms with Crippen molar-refractivity contribution in [3.8, 4) is 5.69 Å². The highest BCUT2D eigenvalue weighted by Crippen LogP contribution is 2.35. The van der Waals surface area contributed by atoms with Gasteiger partial charge in [0.1, 0.15) is 0 Å². The van der Waals surface area contributed by atoms with Crippen molar-refractivity contribution in [2.75, 3.05) is 5.32 Å². The number of amides is 1. The summed E-state index contributed by atoms with van der Waals surface area (Å²) in [7, 11) is 0. The number of aliphatic hydroxyl groups excluding tert-OH is 1. The molecule has 4 N–H and O–H groups in total. The Labute approximate surface area is 185 Å². The molecular formula is C23H24ClN3O2S. The molecule has 0 radical (unpaired) electrons. The van der Waals surface area contributed by atoms with Crippen LogP contribution in [0.2, 0.25) is 5.02 Å². The van der Waals surface area contributed by atoms with Crippen molar-refractivity contribution in [1.82, 2.24) is 4.57 Å². The van der Waals surface area contributed by atoms with Gasteiger partial charge in [0, 0.05) is 28.5 Å². The van der Waals surface area contributed by atoms with Crippen molar-refractivity contribution in [2.45, 2.75) is 47.8 Å². The number of aliphatic hydroxyl groups is 1. The maximum Gasteiger partial charge on any atom is 0.250 e. The third-order valence-electron chi connectivity index (χ3n) is 5.37. The Bertz CT molecular complexity index is 1040. The van der Waals surface area contributed by atoms with Gasteiger partial charge in [-0.15, -0.1) is 0 Å². The van der Waals surface area contributed by atoms with Crippen LogP contribution in [0.3, 0.4) is 0 Å². The molecule has 0 unspecified atom stereocenters. The van der Waals surface area contributed by atoms with Crippen LogP contribution in [0.15, 0.2) is 70.7 Å². The van der Waals surface area contributed by atoms with E-state index < -0.39 is 5.91 Å². The van der Waals surface area contributed by atoms with Gasteiger partial charge in [-0.05, 0) is 68.1 Å². The molecule has 1 saturated carbocycles. The molecular weight excluding hydrogens is 418 g/mol. The Hall–Kier alpha value is -2.41. The second kappa shape index (κ2) is 9.16. The fourth-order valence-electron chi connectivity index (χ4n) is 3.76. The monoisotopic (exact) mass is 441 g/mol. The molecule has 0 saturated heterocycles. The number of aromatic nitrogens is 1. The number of benzene rings is 2. The van der Waals surface area contributed by atoms with Gasteiger partial charge in [0.25, 0.3) is 5.91 Å². The van der Waals surface area contributed by atoms with E-state index in [9.17, 15) is 9.90 Å². The number of primary amides is 1. The molecule has 0 aliphatic heterocycles. The normalized spacial score (nSPS) is 18.9. The van der Waals surface area contributed by atoms with E-state index in [0.717, 1.165) is 47.0 Å².